The van der Waals surface area contributed by atoms with Gasteiger partial charge in [-0.2, -0.15) is 0 Å². The number of para-hydroxylation sites is 1. The van der Waals surface area contributed by atoms with Crippen molar-refractivity contribution < 1.29 is 5.11 Å². The number of nitrogens with zero attached hydrogens (tertiary/aromatic N) is 2. The molecule has 5 nitrogen and oxygen atoms in total. The van der Waals surface area contributed by atoms with Crippen molar-refractivity contribution in [2.45, 2.75) is 57.1 Å². The van der Waals surface area contributed by atoms with Gasteiger partial charge in [0, 0.05) is 31.4 Å². The molecule has 1 unspecified atom stereocenters. The van der Waals surface area contributed by atoms with E-state index in [9.17, 15) is 5.11 Å². The SMILES string of the molecule is CCNC(=NCC1(O)CCCC1)NC1CCCN(c2ccccc2)C1. The molecule has 1 atom stereocenters. The summed E-state index contributed by atoms with van der Waals surface area (Å²) in [6.45, 7) is 5.50. The molecule has 0 amide bonds. The van der Waals surface area contributed by atoms with Gasteiger partial charge in [-0.05, 0) is 44.7 Å². The van der Waals surface area contributed by atoms with Gasteiger partial charge in [-0.3, -0.25) is 4.99 Å². The minimum Gasteiger partial charge on any atom is -0.388 e. The third-order valence-corrected chi connectivity index (χ3v) is 5.29. The van der Waals surface area contributed by atoms with Crippen LogP contribution in [0.5, 0.6) is 0 Å². The van der Waals surface area contributed by atoms with Crippen molar-refractivity contribution in [3.8, 4) is 0 Å². The Morgan fingerprint density at radius 1 is 1.24 bits per heavy atom. The van der Waals surface area contributed by atoms with Gasteiger partial charge >= 0.3 is 0 Å². The minimum absolute atomic E-state index is 0.380. The van der Waals surface area contributed by atoms with Crippen LogP contribution in [0.25, 0.3) is 0 Å². The summed E-state index contributed by atoms with van der Waals surface area (Å²) >= 11 is 0. The highest BCUT2D eigenvalue weighted by Gasteiger charge is 2.31. The van der Waals surface area contributed by atoms with E-state index in [1.165, 1.54) is 12.1 Å². The molecule has 2 aliphatic rings. The minimum atomic E-state index is -0.592. The Balaban J connectivity index is 1.59. The first-order valence-electron chi connectivity index (χ1n) is 9.76. The Morgan fingerprint density at radius 3 is 2.72 bits per heavy atom. The van der Waals surface area contributed by atoms with Crippen molar-refractivity contribution in [1.82, 2.24) is 10.6 Å². The average Bonchev–Trinajstić information content (AvgIpc) is 3.08. The molecule has 1 aromatic carbocycles. The van der Waals surface area contributed by atoms with E-state index in [1.54, 1.807) is 0 Å². The first-order chi connectivity index (χ1) is 12.2. The molecule has 1 aliphatic heterocycles. The molecule has 5 heteroatoms. The Labute approximate surface area is 151 Å². The Bertz CT molecular complexity index is 554. The van der Waals surface area contributed by atoms with Crippen LogP contribution in [0.2, 0.25) is 0 Å². The lowest BCUT2D eigenvalue weighted by molar-refractivity contribution is 0.0574. The molecule has 3 N–H and O–H groups in total. The molecule has 138 valence electrons. The van der Waals surface area contributed by atoms with Gasteiger partial charge in [0.15, 0.2) is 5.96 Å². The first kappa shape index (κ1) is 18.1. The van der Waals surface area contributed by atoms with Crippen LogP contribution >= 0.6 is 0 Å². The van der Waals surface area contributed by atoms with Crippen LogP contribution in [-0.2, 0) is 0 Å². The molecule has 3 rings (SSSR count). The van der Waals surface area contributed by atoms with Crippen molar-refractivity contribution in [3.63, 3.8) is 0 Å². The lowest BCUT2D eigenvalue weighted by Gasteiger charge is -2.35. The van der Waals surface area contributed by atoms with E-state index < -0.39 is 5.60 Å². The number of hydrogen-bond acceptors (Lipinski definition) is 3. The second-order valence-corrected chi connectivity index (χ2v) is 7.39. The molecule has 25 heavy (non-hydrogen) atoms. The van der Waals surface area contributed by atoms with Crippen molar-refractivity contribution >= 4 is 11.6 Å². The van der Waals surface area contributed by atoms with Crippen LogP contribution in [0.4, 0.5) is 5.69 Å². The highest BCUT2D eigenvalue weighted by molar-refractivity contribution is 5.80. The largest absolute Gasteiger partial charge is 0.388 e. The fourth-order valence-electron chi connectivity index (χ4n) is 3.90. The highest BCUT2D eigenvalue weighted by Crippen LogP contribution is 2.29. The summed E-state index contributed by atoms with van der Waals surface area (Å²) < 4.78 is 0. The molecule has 1 aliphatic carbocycles. The summed E-state index contributed by atoms with van der Waals surface area (Å²) in [5, 5.41) is 17.5. The second kappa shape index (κ2) is 8.56. The lowest BCUT2D eigenvalue weighted by Crippen LogP contribution is -2.51. The summed E-state index contributed by atoms with van der Waals surface area (Å²) in [4.78, 5) is 7.12. The van der Waals surface area contributed by atoms with E-state index in [-0.39, 0.29) is 0 Å². The predicted molar refractivity (Wildman–Crippen MR) is 104 cm³/mol. The molecular formula is C20H32N4O. The maximum atomic E-state index is 10.5. The van der Waals surface area contributed by atoms with Crippen LogP contribution in [0.1, 0.15) is 45.4 Å². The van der Waals surface area contributed by atoms with Crippen molar-refractivity contribution in [3.05, 3.63) is 30.3 Å². The molecule has 1 heterocycles. The molecule has 2 fully saturated rings. The number of rotatable bonds is 5. The number of hydrogen-bond donors (Lipinski definition) is 3. The van der Waals surface area contributed by atoms with Gasteiger partial charge in [0.2, 0.25) is 0 Å². The summed E-state index contributed by atoms with van der Waals surface area (Å²) in [7, 11) is 0. The fraction of sp³-hybridized carbons (Fsp3) is 0.650. The lowest BCUT2D eigenvalue weighted by atomic mass is 10.0. The maximum absolute atomic E-state index is 10.5. The van der Waals surface area contributed by atoms with Gasteiger partial charge in [-0.15, -0.1) is 0 Å². The maximum Gasteiger partial charge on any atom is 0.191 e. The zero-order valence-electron chi connectivity index (χ0n) is 15.4. The molecule has 0 radical (unpaired) electrons. The highest BCUT2D eigenvalue weighted by atomic mass is 16.3. The topological polar surface area (TPSA) is 59.9 Å². The fourth-order valence-corrected chi connectivity index (χ4v) is 3.90. The molecular weight excluding hydrogens is 312 g/mol. The van der Waals surface area contributed by atoms with Gasteiger partial charge < -0.3 is 20.6 Å². The van der Waals surface area contributed by atoms with Crippen molar-refractivity contribution in [2.75, 3.05) is 31.1 Å². The summed E-state index contributed by atoms with van der Waals surface area (Å²) in [5.74, 6) is 0.836. The van der Waals surface area contributed by atoms with Crippen molar-refractivity contribution in [1.29, 1.82) is 0 Å². The summed E-state index contributed by atoms with van der Waals surface area (Å²) in [5.41, 5.74) is 0.696. The van der Waals surface area contributed by atoms with E-state index in [4.69, 9.17) is 0 Å². The number of guanidine groups is 1. The van der Waals surface area contributed by atoms with Gasteiger partial charge in [0.1, 0.15) is 0 Å². The molecule has 0 aromatic heterocycles. The number of piperidine rings is 1. The van der Waals surface area contributed by atoms with E-state index in [0.29, 0.717) is 12.6 Å². The zero-order chi connectivity index (χ0) is 17.5. The van der Waals surface area contributed by atoms with Gasteiger partial charge in [0.05, 0.1) is 12.1 Å². The van der Waals surface area contributed by atoms with E-state index >= 15 is 0 Å². The second-order valence-electron chi connectivity index (χ2n) is 7.39. The predicted octanol–water partition coefficient (Wildman–Crippen LogP) is 2.52. The van der Waals surface area contributed by atoms with Crippen LogP contribution < -0.4 is 15.5 Å². The number of aliphatic imine (C=N–C) groups is 1. The van der Waals surface area contributed by atoms with Crippen LogP contribution in [0.15, 0.2) is 35.3 Å². The molecule has 0 spiro atoms. The first-order valence-corrected chi connectivity index (χ1v) is 9.76. The van der Waals surface area contributed by atoms with Crippen LogP contribution in [0.3, 0.4) is 0 Å². The van der Waals surface area contributed by atoms with Gasteiger partial charge in [-0.1, -0.05) is 31.0 Å². The van der Waals surface area contributed by atoms with Gasteiger partial charge in [-0.25, -0.2) is 0 Å². The standard InChI is InChI=1S/C20H32N4O/c1-2-21-19(22-16-20(25)12-6-7-13-20)23-17-9-8-14-24(15-17)18-10-4-3-5-11-18/h3-5,10-11,17,25H,2,6-9,12-16H2,1H3,(H2,21,22,23). The number of nitrogens with one attached hydrogen (secondary N) is 2. The Hall–Kier alpha value is -1.75. The Kier molecular flexibility index (Phi) is 6.19. The summed E-state index contributed by atoms with van der Waals surface area (Å²) in [6.07, 6.45) is 6.31. The van der Waals surface area contributed by atoms with E-state index in [0.717, 1.165) is 57.7 Å². The number of aliphatic hydroxyl groups is 1. The number of anilines is 1. The quantitative estimate of drug-likeness (QED) is 0.567. The molecule has 1 aromatic rings. The molecule has 1 saturated heterocycles. The monoisotopic (exact) mass is 344 g/mol. The number of benzene rings is 1. The van der Waals surface area contributed by atoms with Crippen LogP contribution in [-0.4, -0.2) is 48.9 Å². The third kappa shape index (κ3) is 5.11. The normalized spacial score (nSPS) is 23.5. The van der Waals surface area contributed by atoms with E-state index in [2.05, 4.69) is 57.8 Å². The zero-order valence-corrected chi connectivity index (χ0v) is 15.4. The molecule has 0 bridgehead atoms. The van der Waals surface area contributed by atoms with Crippen LogP contribution in [0, 0.1) is 0 Å². The Morgan fingerprint density at radius 2 is 2.00 bits per heavy atom. The smallest absolute Gasteiger partial charge is 0.191 e. The van der Waals surface area contributed by atoms with E-state index in [1.807, 2.05) is 0 Å². The average molecular weight is 345 g/mol. The summed E-state index contributed by atoms with van der Waals surface area (Å²) in [6, 6.07) is 11.0. The molecule has 1 saturated carbocycles. The van der Waals surface area contributed by atoms with Gasteiger partial charge in [0.25, 0.3) is 0 Å². The third-order valence-electron chi connectivity index (χ3n) is 5.29. The van der Waals surface area contributed by atoms with Crippen molar-refractivity contribution in [2.24, 2.45) is 4.99 Å².